The van der Waals surface area contributed by atoms with Crippen molar-refractivity contribution in [2.45, 2.75) is 64.0 Å². The molecule has 1 unspecified atom stereocenters. The van der Waals surface area contributed by atoms with Crippen LogP contribution >= 0.6 is 24.0 Å². The molecule has 1 atom stereocenters. The summed E-state index contributed by atoms with van der Waals surface area (Å²) in [6, 6.07) is 4.06. The Morgan fingerprint density at radius 2 is 2.06 bits per heavy atom. The van der Waals surface area contributed by atoms with E-state index in [-0.39, 0.29) is 23.6 Å². The highest BCUT2D eigenvalue weighted by molar-refractivity contribution is 8.26. The molecule has 3 aliphatic rings. The topological polar surface area (TPSA) is 75.9 Å². The zero-order valence-electron chi connectivity index (χ0n) is 18.7. The maximum atomic E-state index is 13.5. The van der Waals surface area contributed by atoms with Crippen molar-refractivity contribution in [3.8, 4) is 0 Å². The van der Waals surface area contributed by atoms with Crippen molar-refractivity contribution in [3.05, 3.63) is 44.7 Å². The second kappa shape index (κ2) is 9.56. The molecule has 2 aromatic heterocycles. The lowest BCUT2D eigenvalue weighted by atomic mass is 9.95. The molecule has 2 aromatic rings. The van der Waals surface area contributed by atoms with E-state index < -0.39 is 0 Å². The van der Waals surface area contributed by atoms with Crippen LogP contribution in [0.2, 0.25) is 0 Å². The maximum absolute atomic E-state index is 13.5. The number of aryl methyl sites for hydroxylation is 1. The smallest absolute Gasteiger partial charge is 0.267 e. The first-order chi connectivity index (χ1) is 16.0. The SMILES string of the molecule is Cc1cccn2c(=O)c(C=C3SC(=S)N(CC4CCCO4)C3=O)c(NC3CCCCC3)nc12. The van der Waals surface area contributed by atoms with Gasteiger partial charge in [0.1, 0.15) is 15.8 Å². The van der Waals surface area contributed by atoms with Gasteiger partial charge < -0.3 is 10.1 Å². The third-order valence-electron chi connectivity index (χ3n) is 6.59. The molecular formula is C24H28N4O3S2. The van der Waals surface area contributed by atoms with Gasteiger partial charge in [0.2, 0.25) is 0 Å². The quantitative estimate of drug-likeness (QED) is 0.505. The van der Waals surface area contributed by atoms with E-state index in [1.54, 1.807) is 21.6 Å². The van der Waals surface area contributed by atoms with Crippen molar-refractivity contribution in [1.82, 2.24) is 14.3 Å². The molecule has 1 aliphatic carbocycles. The van der Waals surface area contributed by atoms with Gasteiger partial charge in [-0.3, -0.25) is 18.9 Å². The molecule has 5 rings (SSSR count). The summed E-state index contributed by atoms with van der Waals surface area (Å²) in [6.07, 6.45) is 11.0. The minimum atomic E-state index is -0.189. The fraction of sp³-hybridized carbons (Fsp3) is 0.500. The Bertz CT molecular complexity index is 1180. The summed E-state index contributed by atoms with van der Waals surface area (Å²) in [7, 11) is 0. The molecule has 4 heterocycles. The van der Waals surface area contributed by atoms with Gasteiger partial charge >= 0.3 is 0 Å². The lowest BCUT2D eigenvalue weighted by molar-refractivity contribution is -0.123. The molecule has 0 spiro atoms. The largest absolute Gasteiger partial charge is 0.376 e. The van der Waals surface area contributed by atoms with Gasteiger partial charge in [0.15, 0.2) is 0 Å². The minimum Gasteiger partial charge on any atom is -0.376 e. The molecule has 1 amide bonds. The van der Waals surface area contributed by atoms with E-state index in [9.17, 15) is 9.59 Å². The molecule has 2 aliphatic heterocycles. The van der Waals surface area contributed by atoms with Gasteiger partial charge in [0, 0.05) is 18.8 Å². The molecular weight excluding hydrogens is 456 g/mol. The second-order valence-electron chi connectivity index (χ2n) is 8.97. The summed E-state index contributed by atoms with van der Waals surface area (Å²) in [4.78, 5) is 33.6. The summed E-state index contributed by atoms with van der Waals surface area (Å²) in [5.74, 6) is 0.378. The van der Waals surface area contributed by atoms with Crippen molar-refractivity contribution in [2.75, 3.05) is 18.5 Å². The number of ether oxygens (including phenoxy) is 1. The number of nitrogens with zero attached hydrogens (tertiary/aromatic N) is 3. The van der Waals surface area contributed by atoms with Crippen LogP contribution in [0.25, 0.3) is 11.7 Å². The zero-order chi connectivity index (χ0) is 22.9. The van der Waals surface area contributed by atoms with E-state index in [4.69, 9.17) is 21.9 Å². The van der Waals surface area contributed by atoms with Crippen molar-refractivity contribution >= 4 is 51.7 Å². The number of thioether (sulfide) groups is 1. The number of amides is 1. The highest BCUT2D eigenvalue weighted by Gasteiger charge is 2.35. The van der Waals surface area contributed by atoms with Gasteiger partial charge in [0.05, 0.1) is 23.1 Å². The van der Waals surface area contributed by atoms with Crippen molar-refractivity contribution in [1.29, 1.82) is 0 Å². The van der Waals surface area contributed by atoms with Crippen molar-refractivity contribution in [3.63, 3.8) is 0 Å². The first kappa shape index (κ1) is 22.6. The van der Waals surface area contributed by atoms with Gasteiger partial charge in [-0.1, -0.05) is 49.3 Å². The lowest BCUT2D eigenvalue weighted by Crippen LogP contribution is -2.35. The second-order valence-corrected chi connectivity index (χ2v) is 10.6. The lowest BCUT2D eigenvalue weighted by Gasteiger charge is -2.24. The summed E-state index contributed by atoms with van der Waals surface area (Å²) in [5, 5.41) is 3.52. The number of thiocarbonyl (C=S) groups is 1. The van der Waals surface area contributed by atoms with Crippen LogP contribution < -0.4 is 10.9 Å². The molecule has 0 radical (unpaired) electrons. The van der Waals surface area contributed by atoms with Crippen molar-refractivity contribution in [2.24, 2.45) is 0 Å². The number of hydrogen-bond acceptors (Lipinski definition) is 7. The van der Waals surface area contributed by atoms with E-state index in [0.717, 1.165) is 37.9 Å². The zero-order valence-corrected chi connectivity index (χ0v) is 20.3. The Labute approximate surface area is 202 Å². The predicted molar refractivity (Wildman–Crippen MR) is 136 cm³/mol. The van der Waals surface area contributed by atoms with Crippen LogP contribution in [0.1, 0.15) is 56.1 Å². The summed E-state index contributed by atoms with van der Waals surface area (Å²) in [6.45, 7) is 3.13. The standard InChI is InChI=1S/C24H28N4O3S2/c1-15-7-5-11-27-21(15)26-20(25-16-8-3-2-4-9-16)18(22(27)29)13-19-23(30)28(24(32)33-19)14-17-10-6-12-31-17/h5,7,11,13,16-17,25H,2-4,6,8-10,12,14H2,1H3. The number of rotatable bonds is 5. The number of pyridine rings is 1. The minimum absolute atomic E-state index is 0.0197. The fourth-order valence-corrected chi connectivity index (χ4v) is 6.03. The van der Waals surface area contributed by atoms with Crippen LogP contribution in [0, 0.1) is 6.92 Å². The molecule has 0 bridgehead atoms. The number of anilines is 1. The van der Waals surface area contributed by atoms with E-state index in [0.29, 0.717) is 32.8 Å². The molecule has 2 saturated heterocycles. The average Bonchev–Trinajstić information content (AvgIpc) is 3.42. The Balaban J connectivity index is 1.53. The van der Waals surface area contributed by atoms with Crippen LogP contribution in [0.5, 0.6) is 0 Å². The van der Waals surface area contributed by atoms with Crippen LogP contribution in [0.3, 0.4) is 0 Å². The maximum Gasteiger partial charge on any atom is 0.267 e. The number of hydrogen-bond donors (Lipinski definition) is 1. The Kier molecular flexibility index (Phi) is 6.53. The van der Waals surface area contributed by atoms with Crippen LogP contribution in [0.15, 0.2) is 28.0 Å². The van der Waals surface area contributed by atoms with Crippen LogP contribution in [0.4, 0.5) is 5.82 Å². The molecule has 3 fully saturated rings. The van der Waals surface area contributed by atoms with Gasteiger partial charge in [-0.2, -0.15) is 0 Å². The van der Waals surface area contributed by atoms with E-state index >= 15 is 0 Å². The van der Waals surface area contributed by atoms with Crippen molar-refractivity contribution < 1.29 is 9.53 Å². The third-order valence-corrected chi connectivity index (χ3v) is 7.97. The average molecular weight is 485 g/mol. The Morgan fingerprint density at radius 3 is 2.82 bits per heavy atom. The molecule has 174 valence electrons. The normalized spacial score (nSPS) is 23.2. The Hall–Kier alpha value is -2.23. The molecule has 9 heteroatoms. The predicted octanol–water partition coefficient (Wildman–Crippen LogP) is 4.13. The van der Waals surface area contributed by atoms with E-state index in [1.807, 2.05) is 19.1 Å². The summed E-state index contributed by atoms with van der Waals surface area (Å²) >= 11 is 6.73. The number of aromatic nitrogens is 2. The molecule has 7 nitrogen and oxygen atoms in total. The van der Waals surface area contributed by atoms with E-state index in [1.165, 1.54) is 31.0 Å². The van der Waals surface area contributed by atoms with Gasteiger partial charge in [0.25, 0.3) is 11.5 Å². The van der Waals surface area contributed by atoms with Crippen LogP contribution in [-0.2, 0) is 9.53 Å². The molecule has 0 aromatic carbocycles. The first-order valence-electron chi connectivity index (χ1n) is 11.7. The van der Waals surface area contributed by atoms with E-state index in [2.05, 4.69) is 5.32 Å². The number of carbonyl (C=O) groups is 1. The summed E-state index contributed by atoms with van der Waals surface area (Å²) < 4.78 is 7.76. The first-order valence-corrected chi connectivity index (χ1v) is 12.9. The number of fused-ring (bicyclic) bond motifs is 1. The Morgan fingerprint density at radius 1 is 1.24 bits per heavy atom. The highest BCUT2D eigenvalue weighted by Crippen LogP contribution is 2.34. The monoisotopic (exact) mass is 484 g/mol. The summed E-state index contributed by atoms with van der Waals surface area (Å²) in [5.41, 5.74) is 1.77. The third kappa shape index (κ3) is 4.58. The van der Waals surface area contributed by atoms with Gasteiger partial charge in [-0.05, 0) is 50.3 Å². The molecule has 33 heavy (non-hydrogen) atoms. The molecule has 1 saturated carbocycles. The van der Waals surface area contributed by atoms with Crippen LogP contribution in [-0.4, -0.2) is 49.8 Å². The highest BCUT2D eigenvalue weighted by atomic mass is 32.2. The van der Waals surface area contributed by atoms with Gasteiger partial charge in [-0.15, -0.1) is 0 Å². The van der Waals surface area contributed by atoms with Gasteiger partial charge in [-0.25, -0.2) is 4.98 Å². The number of nitrogens with one attached hydrogen (secondary N) is 1. The molecule has 1 N–H and O–H groups in total. The fourth-order valence-electron chi connectivity index (χ4n) is 4.77. The number of carbonyl (C=O) groups excluding carboxylic acids is 1.